The van der Waals surface area contributed by atoms with Gasteiger partial charge in [0, 0.05) is 25.3 Å². The molecule has 1 aromatic rings. The summed E-state index contributed by atoms with van der Waals surface area (Å²) in [5, 5.41) is 0. The van der Waals surface area contributed by atoms with Gasteiger partial charge in [-0.1, -0.05) is 12.1 Å². The first-order valence-electron chi connectivity index (χ1n) is 8.06. The van der Waals surface area contributed by atoms with Crippen LogP contribution in [0.3, 0.4) is 0 Å². The van der Waals surface area contributed by atoms with Crippen molar-refractivity contribution in [2.75, 3.05) is 30.0 Å². The van der Waals surface area contributed by atoms with Crippen molar-refractivity contribution in [3.05, 3.63) is 29.8 Å². The number of hydrogen-bond acceptors (Lipinski definition) is 4. The van der Waals surface area contributed by atoms with E-state index in [0.717, 1.165) is 11.3 Å². The SMILES string of the molecule is CCN(C(=O)CC(=O)N(C)C1CCS(=O)(=O)C1)c1cccc(C)c1. The summed E-state index contributed by atoms with van der Waals surface area (Å²) in [6.45, 7) is 4.27. The first-order valence-corrected chi connectivity index (χ1v) is 9.88. The number of nitrogens with zero attached hydrogens (tertiary/aromatic N) is 2. The maximum absolute atomic E-state index is 12.5. The molecule has 1 fully saturated rings. The Bertz CT molecular complexity index is 730. The van der Waals surface area contributed by atoms with Gasteiger partial charge in [-0.25, -0.2) is 8.42 Å². The lowest BCUT2D eigenvalue weighted by molar-refractivity contribution is -0.135. The normalized spacial score (nSPS) is 19.0. The van der Waals surface area contributed by atoms with Crippen molar-refractivity contribution in [3.8, 4) is 0 Å². The van der Waals surface area contributed by atoms with E-state index in [4.69, 9.17) is 0 Å². The van der Waals surface area contributed by atoms with Gasteiger partial charge in [0.2, 0.25) is 11.8 Å². The lowest BCUT2D eigenvalue weighted by atomic mass is 10.2. The maximum atomic E-state index is 12.5. The van der Waals surface area contributed by atoms with Crippen LogP contribution in [0.1, 0.15) is 25.3 Å². The smallest absolute Gasteiger partial charge is 0.236 e. The highest BCUT2D eigenvalue weighted by Gasteiger charge is 2.33. The van der Waals surface area contributed by atoms with Crippen LogP contribution in [-0.4, -0.2) is 56.3 Å². The highest BCUT2D eigenvalue weighted by Crippen LogP contribution is 2.19. The minimum absolute atomic E-state index is 0.0151. The molecule has 7 heteroatoms. The predicted molar refractivity (Wildman–Crippen MR) is 93.7 cm³/mol. The van der Waals surface area contributed by atoms with Gasteiger partial charge in [-0.15, -0.1) is 0 Å². The molecule has 1 unspecified atom stereocenters. The first kappa shape index (κ1) is 18.4. The molecule has 6 nitrogen and oxygen atoms in total. The summed E-state index contributed by atoms with van der Waals surface area (Å²) in [7, 11) is -1.49. The van der Waals surface area contributed by atoms with Crippen molar-refractivity contribution >= 4 is 27.3 Å². The Labute approximate surface area is 143 Å². The zero-order chi connectivity index (χ0) is 17.9. The molecule has 0 N–H and O–H groups in total. The Balaban J connectivity index is 2.03. The molecule has 2 amide bonds. The summed E-state index contributed by atoms with van der Waals surface area (Å²) >= 11 is 0. The van der Waals surface area contributed by atoms with E-state index in [0.29, 0.717) is 13.0 Å². The number of sulfone groups is 1. The van der Waals surface area contributed by atoms with E-state index in [9.17, 15) is 18.0 Å². The first-order chi connectivity index (χ1) is 11.2. The molecule has 24 heavy (non-hydrogen) atoms. The number of benzene rings is 1. The van der Waals surface area contributed by atoms with Gasteiger partial charge < -0.3 is 9.80 Å². The van der Waals surface area contributed by atoms with E-state index < -0.39 is 9.84 Å². The fourth-order valence-electron chi connectivity index (χ4n) is 2.93. The maximum Gasteiger partial charge on any atom is 0.236 e. The molecule has 1 aromatic carbocycles. The van der Waals surface area contributed by atoms with Gasteiger partial charge in [-0.3, -0.25) is 9.59 Å². The molecular formula is C17H24N2O4S. The predicted octanol–water partition coefficient (Wildman–Crippen LogP) is 1.38. The Morgan fingerprint density at radius 1 is 1.25 bits per heavy atom. The fourth-order valence-corrected chi connectivity index (χ4v) is 4.71. The number of hydrogen-bond donors (Lipinski definition) is 0. The van der Waals surface area contributed by atoms with Crippen LogP contribution in [0.25, 0.3) is 0 Å². The molecule has 1 aliphatic rings. The lowest BCUT2D eigenvalue weighted by Gasteiger charge is -2.26. The third-order valence-electron chi connectivity index (χ3n) is 4.38. The third kappa shape index (κ3) is 4.35. The second-order valence-corrected chi connectivity index (χ2v) is 8.44. The van der Waals surface area contributed by atoms with Gasteiger partial charge in [0.05, 0.1) is 11.5 Å². The van der Waals surface area contributed by atoms with E-state index in [2.05, 4.69) is 0 Å². The van der Waals surface area contributed by atoms with Crippen LogP contribution in [0, 0.1) is 6.92 Å². The molecule has 0 aromatic heterocycles. The highest BCUT2D eigenvalue weighted by molar-refractivity contribution is 7.91. The van der Waals surface area contributed by atoms with Crippen LogP contribution in [0.15, 0.2) is 24.3 Å². The van der Waals surface area contributed by atoms with Gasteiger partial charge in [0.1, 0.15) is 6.42 Å². The van der Waals surface area contributed by atoms with Crippen LogP contribution < -0.4 is 4.90 Å². The van der Waals surface area contributed by atoms with E-state index in [1.54, 1.807) is 11.9 Å². The van der Waals surface area contributed by atoms with Gasteiger partial charge >= 0.3 is 0 Å². The second kappa shape index (κ2) is 7.34. The molecule has 1 aliphatic heterocycles. The van der Waals surface area contributed by atoms with Gasteiger partial charge in [0.25, 0.3) is 0 Å². The van der Waals surface area contributed by atoms with Crippen molar-refractivity contribution in [2.45, 2.75) is 32.7 Å². The van der Waals surface area contributed by atoms with Crippen LogP contribution in [-0.2, 0) is 19.4 Å². The third-order valence-corrected chi connectivity index (χ3v) is 6.13. The van der Waals surface area contributed by atoms with E-state index in [1.165, 1.54) is 4.90 Å². The van der Waals surface area contributed by atoms with Crippen molar-refractivity contribution < 1.29 is 18.0 Å². The lowest BCUT2D eigenvalue weighted by Crippen LogP contribution is -2.41. The number of rotatable bonds is 5. The summed E-state index contributed by atoms with van der Waals surface area (Å²) < 4.78 is 23.1. The van der Waals surface area contributed by atoms with Gasteiger partial charge in [-0.05, 0) is 38.0 Å². The Morgan fingerprint density at radius 3 is 2.50 bits per heavy atom. The molecule has 0 saturated carbocycles. The fraction of sp³-hybridized carbons (Fsp3) is 0.529. The minimum atomic E-state index is -3.06. The molecule has 1 heterocycles. The molecule has 1 saturated heterocycles. The molecule has 2 rings (SSSR count). The van der Waals surface area contributed by atoms with Crippen LogP contribution in [0.5, 0.6) is 0 Å². The Hall–Kier alpha value is -1.89. The highest BCUT2D eigenvalue weighted by atomic mass is 32.2. The van der Waals surface area contributed by atoms with Crippen molar-refractivity contribution in [2.24, 2.45) is 0 Å². The Morgan fingerprint density at radius 2 is 1.96 bits per heavy atom. The van der Waals surface area contributed by atoms with Gasteiger partial charge in [0.15, 0.2) is 9.84 Å². The topological polar surface area (TPSA) is 74.8 Å². The second-order valence-electron chi connectivity index (χ2n) is 6.22. The van der Waals surface area contributed by atoms with E-state index >= 15 is 0 Å². The number of carbonyl (C=O) groups is 2. The molecular weight excluding hydrogens is 328 g/mol. The summed E-state index contributed by atoms with van der Waals surface area (Å²) in [4.78, 5) is 27.8. The largest absolute Gasteiger partial charge is 0.341 e. The molecule has 0 spiro atoms. The summed E-state index contributed by atoms with van der Waals surface area (Å²) in [6, 6.07) is 7.23. The molecule has 132 valence electrons. The number of aryl methyl sites for hydroxylation is 1. The van der Waals surface area contributed by atoms with Crippen molar-refractivity contribution in [1.82, 2.24) is 4.90 Å². The van der Waals surface area contributed by atoms with Crippen LogP contribution in [0.2, 0.25) is 0 Å². The quantitative estimate of drug-likeness (QED) is 0.751. The Kier molecular flexibility index (Phi) is 5.64. The number of carbonyl (C=O) groups excluding carboxylic acids is 2. The van der Waals surface area contributed by atoms with Crippen LogP contribution in [0.4, 0.5) is 5.69 Å². The zero-order valence-corrected chi connectivity index (χ0v) is 15.2. The molecule has 0 bridgehead atoms. The van der Waals surface area contributed by atoms with E-state index in [1.807, 2.05) is 38.1 Å². The van der Waals surface area contributed by atoms with Crippen molar-refractivity contribution in [1.29, 1.82) is 0 Å². The average molecular weight is 352 g/mol. The van der Waals surface area contributed by atoms with Crippen molar-refractivity contribution in [3.63, 3.8) is 0 Å². The number of anilines is 1. The van der Waals surface area contributed by atoms with E-state index in [-0.39, 0.29) is 35.8 Å². The minimum Gasteiger partial charge on any atom is -0.341 e. The summed E-state index contributed by atoms with van der Waals surface area (Å²) in [6.07, 6.45) is 0.183. The monoisotopic (exact) mass is 352 g/mol. The average Bonchev–Trinajstić information content (AvgIpc) is 2.87. The molecule has 0 aliphatic carbocycles. The zero-order valence-electron chi connectivity index (χ0n) is 14.4. The summed E-state index contributed by atoms with van der Waals surface area (Å²) in [5.41, 5.74) is 1.81. The molecule has 0 radical (unpaired) electrons. The molecule has 1 atom stereocenters. The van der Waals surface area contributed by atoms with Gasteiger partial charge in [-0.2, -0.15) is 0 Å². The number of amides is 2. The standard InChI is InChI=1S/C17H24N2O4S/c1-4-19(14-7-5-6-13(2)10-14)17(21)11-16(20)18(3)15-8-9-24(22,23)12-15/h5-7,10,15H,4,8-9,11-12H2,1-3H3. The summed E-state index contributed by atoms with van der Waals surface area (Å²) in [5.74, 6) is -0.527. The van der Waals surface area contributed by atoms with Crippen LogP contribution >= 0.6 is 0 Å².